The molecule has 1 aliphatic heterocycles. The van der Waals surface area contributed by atoms with E-state index in [0.717, 1.165) is 11.1 Å². The van der Waals surface area contributed by atoms with Crippen LogP contribution in [0.15, 0.2) is 65.6 Å². The SMILES string of the molecule is Cc1cc(S(=O)(=O)N[C@@H](Cc2ccc(C3CC(=O)NS3(=O)=O)cc2)c2nc3ccccc3[nH]2)c(C)cc1Cl. The fourth-order valence-electron chi connectivity index (χ4n) is 4.58. The van der Waals surface area contributed by atoms with Gasteiger partial charge in [-0.2, -0.15) is 0 Å². The average molecular weight is 573 g/mol. The number of aromatic amines is 1. The number of imidazole rings is 1. The maximum atomic E-state index is 13.5. The molecular weight excluding hydrogens is 548 g/mol. The third-order valence-corrected chi connectivity index (χ3v) is 10.3. The molecule has 0 bridgehead atoms. The molecule has 5 rings (SSSR count). The Labute approximate surface area is 225 Å². The summed E-state index contributed by atoms with van der Waals surface area (Å²) in [6.45, 7) is 3.43. The zero-order valence-electron chi connectivity index (χ0n) is 20.5. The van der Waals surface area contributed by atoms with Crippen molar-refractivity contribution in [3.63, 3.8) is 0 Å². The van der Waals surface area contributed by atoms with Crippen molar-refractivity contribution in [1.82, 2.24) is 19.4 Å². The van der Waals surface area contributed by atoms with Crippen molar-refractivity contribution in [2.75, 3.05) is 0 Å². The van der Waals surface area contributed by atoms with E-state index in [9.17, 15) is 21.6 Å². The Morgan fingerprint density at radius 1 is 1.08 bits per heavy atom. The minimum absolute atomic E-state index is 0.125. The maximum Gasteiger partial charge on any atom is 0.242 e. The van der Waals surface area contributed by atoms with Crippen molar-refractivity contribution in [2.45, 2.75) is 42.9 Å². The zero-order chi connectivity index (χ0) is 27.2. The van der Waals surface area contributed by atoms with Crippen LogP contribution in [-0.4, -0.2) is 32.7 Å². The Morgan fingerprint density at radius 3 is 2.45 bits per heavy atom. The van der Waals surface area contributed by atoms with Crippen molar-refractivity contribution < 1.29 is 21.6 Å². The van der Waals surface area contributed by atoms with Gasteiger partial charge >= 0.3 is 0 Å². The van der Waals surface area contributed by atoms with Crippen LogP contribution in [0.1, 0.15) is 45.8 Å². The number of nitrogens with zero attached hydrogens (tertiary/aromatic N) is 1. The molecule has 12 heteroatoms. The first-order valence-electron chi connectivity index (χ1n) is 11.8. The number of nitrogens with one attached hydrogen (secondary N) is 3. The second kappa shape index (κ2) is 9.81. The van der Waals surface area contributed by atoms with Crippen LogP contribution in [0.3, 0.4) is 0 Å². The molecule has 1 aliphatic rings. The summed E-state index contributed by atoms with van der Waals surface area (Å²) in [7, 11) is -7.74. The van der Waals surface area contributed by atoms with E-state index in [-0.39, 0.29) is 17.7 Å². The van der Waals surface area contributed by atoms with Crippen molar-refractivity contribution in [2.24, 2.45) is 0 Å². The molecule has 3 aromatic carbocycles. The highest BCUT2D eigenvalue weighted by molar-refractivity contribution is 7.90. The predicted octanol–water partition coefficient (Wildman–Crippen LogP) is 3.99. The van der Waals surface area contributed by atoms with Crippen LogP contribution in [-0.2, 0) is 31.3 Å². The lowest BCUT2D eigenvalue weighted by atomic mass is 10.0. The van der Waals surface area contributed by atoms with Gasteiger partial charge in [0.15, 0.2) is 0 Å². The van der Waals surface area contributed by atoms with Gasteiger partial charge < -0.3 is 4.98 Å². The van der Waals surface area contributed by atoms with Crippen molar-refractivity contribution in [1.29, 1.82) is 0 Å². The summed E-state index contributed by atoms with van der Waals surface area (Å²) >= 11 is 6.19. The number of sulfonamides is 2. The molecular formula is C26H25ClN4O5S2. The van der Waals surface area contributed by atoms with E-state index in [1.165, 1.54) is 0 Å². The van der Waals surface area contributed by atoms with E-state index in [0.29, 0.717) is 33.1 Å². The average Bonchev–Trinajstić information content (AvgIpc) is 3.40. The molecule has 2 heterocycles. The number of benzene rings is 3. The lowest BCUT2D eigenvalue weighted by molar-refractivity contribution is -0.118. The van der Waals surface area contributed by atoms with E-state index in [1.54, 1.807) is 50.2 Å². The molecule has 1 fully saturated rings. The molecule has 2 atom stereocenters. The number of rotatable bonds is 7. The molecule has 38 heavy (non-hydrogen) atoms. The lowest BCUT2D eigenvalue weighted by Crippen LogP contribution is -2.31. The van der Waals surface area contributed by atoms with Gasteiger partial charge in [0.2, 0.25) is 26.0 Å². The third kappa shape index (κ3) is 5.19. The number of H-pyrrole nitrogens is 1. The number of para-hydroxylation sites is 2. The fourth-order valence-corrected chi connectivity index (χ4v) is 7.74. The first kappa shape index (κ1) is 26.4. The van der Waals surface area contributed by atoms with Crippen LogP contribution >= 0.6 is 11.6 Å². The van der Waals surface area contributed by atoms with Gasteiger partial charge in [0.1, 0.15) is 11.1 Å². The van der Waals surface area contributed by atoms with Gasteiger partial charge in [0.25, 0.3) is 0 Å². The standard InChI is InChI=1S/C26H25ClN4O5S2/c1-15-12-23(16(2)11-19(15)27)37(33,34)30-22(26-28-20-5-3-4-6-21(20)29-26)13-17-7-9-18(10-8-17)24-14-25(32)31-38(24,35)36/h3-12,22,24,30H,13-14H2,1-2H3,(H,28,29)(H,31,32)/t22-,24?/m0/s1. The minimum Gasteiger partial charge on any atom is -0.341 e. The number of aromatic nitrogens is 2. The molecule has 1 unspecified atom stereocenters. The van der Waals surface area contributed by atoms with Gasteiger partial charge in [-0.25, -0.2) is 26.5 Å². The van der Waals surface area contributed by atoms with Gasteiger partial charge in [-0.1, -0.05) is 48.0 Å². The molecule has 0 aliphatic carbocycles. The van der Waals surface area contributed by atoms with Crippen molar-refractivity contribution in [3.8, 4) is 0 Å². The summed E-state index contributed by atoms with van der Waals surface area (Å²) in [5.41, 5.74) is 3.86. The molecule has 1 aromatic heterocycles. The predicted molar refractivity (Wildman–Crippen MR) is 145 cm³/mol. The molecule has 0 spiro atoms. The highest BCUT2D eigenvalue weighted by Gasteiger charge is 2.37. The number of halogens is 1. The van der Waals surface area contributed by atoms with Crippen LogP contribution in [0.25, 0.3) is 11.0 Å². The molecule has 9 nitrogen and oxygen atoms in total. The van der Waals surface area contributed by atoms with Crippen LogP contribution < -0.4 is 9.44 Å². The highest BCUT2D eigenvalue weighted by atomic mass is 35.5. The molecule has 1 saturated heterocycles. The molecule has 1 amide bonds. The molecule has 0 saturated carbocycles. The smallest absolute Gasteiger partial charge is 0.242 e. The Hall–Kier alpha value is -3.25. The highest BCUT2D eigenvalue weighted by Crippen LogP contribution is 2.31. The van der Waals surface area contributed by atoms with E-state index in [4.69, 9.17) is 11.6 Å². The quantitative estimate of drug-likeness (QED) is 0.306. The van der Waals surface area contributed by atoms with Gasteiger partial charge in [-0.3, -0.25) is 9.52 Å². The summed E-state index contributed by atoms with van der Waals surface area (Å²) in [6.07, 6.45) is 0.0997. The third-order valence-electron chi connectivity index (χ3n) is 6.57. The van der Waals surface area contributed by atoms with Crippen molar-refractivity contribution >= 4 is 48.6 Å². The summed E-state index contributed by atoms with van der Waals surface area (Å²) < 4.78 is 56.4. The van der Waals surface area contributed by atoms with Gasteiger partial charge in [0, 0.05) is 5.02 Å². The first-order valence-corrected chi connectivity index (χ1v) is 15.2. The number of hydrogen-bond acceptors (Lipinski definition) is 6. The number of carbonyl (C=O) groups excluding carboxylic acids is 1. The van der Waals surface area contributed by atoms with Gasteiger partial charge in [-0.05, 0) is 66.8 Å². The van der Waals surface area contributed by atoms with Crippen LogP contribution in [0.5, 0.6) is 0 Å². The Morgan fingerprint density at radius 2 is 1.79 bits per heavy atom. The number of amides is 1. The van der Waals surface area contributed by atoms with Crippen LogP contribution in [0, 0.1) is 13.8 Å². The fraction of sp³-hybridized carbons (Fsp3) is 0.231. The van der Waals surface area contributed by atoms with E-state index >= 15 is 0 Å². The first-order chi connectivity index (χ1) is 17.9. The Bertz CT molecular complexity index is 1730. The van der Waals surface area contributed by atoms with E-state index < -0.39 is 37.2 Å². The second-order valence-electron chi connectivity index (χ2n) is 9.39. The van der Waals surface area contributed by atoms with Crippen molar-refractivity contribution in [3.05, 3.63) is 93.8 Å². The second-order valence-corrected chi connectivity index (χ2v) is 13.3. The zero-order valence-corrected chi connectivity index (χ0v) is 22.9. The number of carbonyl (C=O) groups is 1. The summed E-state index contributed by atoms with van der Waals surface area (Å²) in [4.78, 5) is 19.6. The molecule has 4 aromatic rings. The molecule has 198 valence electrons. The normalized spacial score (nSPS) is 18.0. The Kier molecular flexibility index (Phi) is 6.80. The number of fused-ring (bicyclic) bond motifs is 1. The van der Waals surface area contributed by atoms with E-state index in [1.807, 2.05) is 29.0 Å². The van der Waals surface area contributed by atoms with Crippen LogP contribution in [0.4, 0.5) is 0 Å². The summed E-state index contributed by atoms with van der Waals surface area (Å²) in [6, 6.07) is 16.6. The summed E-state index contributed by atoms with van der Waals surface area (Å²) in [5.74, 6) is -0.0958. The topological polar surface area (TPSA) is 138 Å². The minimum atomic E-state index is -3.97. The number of aryl methyl sites for hydroxylation is 2. The number of hydrogen-bond donors (Lipinski definition) is 3. The lowest BCUT2D eigenvalue weighted by Gasteiger charge is -2.19. The van der Waals surface area contributed by atoms with E-state index in [2.05, 4.69) is 14.7 Å². The Balaban J connectivity index is 1.49. The van der Waals surface area contributed by atoms with Gasteiger partial charge in [-0.15, -0.1) is 0 Å². The summed E-state index contributed by atoms with van der Waals surface area (Å²) in [5, 5.41) is -0.471. The largest absolute Gasteiger partial charge is 0.341 e. The van der Waals surface area contributed by atoms with Crippen LogP contribution in [0.2, 0.25) is 5.02 Å². The maximum absolute atomic E-state index is 13.5. The monoisotopic (exact) mass is 572 g/mol. The van der Waals surface area contributed by atoms with Gasteiger partial charge in [0.05, 0.1) is 28.4 Å². The molecule has 3 N–H and O–H groups in total. The molecule has 0 radical (unpaired) electrons.